The molecule has 10 heteroatoms. The summed E-state index contributed by atoms with van der Waals surface area (Å²) in [5.74, 6) is -0.181. The van der Waals surface area contributed by atoms with E-state index in [-0.39, 0.29) is 23.4 Å². The van der Waals surface area contributed by atoms with Crippen LogP contribution >= 0.6 is 15.9 Å². The summed E-state index contributed by atoms with van der Waals surface area (Å²) in [4.78, 5) is 29.6. The topological polar surface area (TPSA) is 96.0 Å². The monoisotopic (exact) mass is 683 g/mol. The first-order chi connectivity index (χ1) is 21.0. The molecule has 0 spiro atoms. The van der Waals surface area contributed by atoms with Crippen molar-refractivity contribution in [3.05, 3.63) is 87.9 Å². The molecule has 1 aliphatic carbocycles. The number of rotatable bonds is 12. The predicted octanol–water partition coefficient (Wildman–Crippen LogP) is 6.53. The summed E-state index contributed by atoms with van der Waals surface area (Å²) in [7, 11) is -2.70. The second-order valence-electron chi connectivity index (χ2n) is 11.4. The first-order valence-corrected chi connectivity index (χ1v) is 17.3. The third kappa shape index (κ3) is 8.21. The Balaban J connectivity index is 1.72. The second kappa shape index (κ2) is 15.1. The summed E-state index contributed by atoms with van der Waals surface area (Å²) in [6.45, 7) is 5.46. The Morgan fingerprint density at radius 1 is 0.977 bits per heavy atom. The van der Waals surface area contributed by atoms with Crippen molar-refractivity contribution in [2.45, 2.75) is 82.8 Å². The number of methoxy groups -OCH3 is 1. The quantitative estimate of drug-likeness (QED) is 0.234. The lowest BCUT2D eigenvalue weighted by Gasteiger charge is -2.34. The van der Waals surface area contributed by atoms with Crippen molar-refractivity contribution in [2.24, 2.45) is 0 Å². The van der Waals surface area contributed by atoms with Gasteiger partial charge in [-0.1, -0.05) is 73.7 Å². The molecule has 0 unspecified atom stereocenters. The number of amides is 2. The lowest BCUT2D eigenvalue weighted by molar-refractivity contribution is -0.140. The van der Waals surface area contributed by atoms with Gasteiger partial charge in [-0.2, -0.15) is 0 Å². The van der Waals surface area contributed by atoms with Gasteiger partial charge < -0.3 is 15.0 Å². The molecule has 1 fully saturated rings. The Hall–Kier alpha value is -3.37. The molecule has 1 N–H and O–H groups in total. The van der Waals surface area contributed by atoms with Crippen LogP contribution in [-0.4, -0.2) is 50.9 Å². The Kier molecular flexibility index (Phi) is 11.5. The molecule has 1 atom stereocenters. The van der Waals surface area contributed by atoms with Gasteiger partial charge in [0.2, 0.25) is 11.8 Å². The van der Waals surface area contributed by atoms with Gasteiger partial charge >= 0.3 is 0 Å². The standard InChI is InChI=1S/C34H42BrN3O5S/c1-5-31(34(40)36-27-12-7-6-8-13-27)37(22-26-11-9-10-25(3)20-26)33(39)23-38(28-16-14-24(2)15-17-28)44(41,42)29-18-19-32(43-4)30(35)21-29/h9-11,14-21,27,31H,5-8,12-13,22-23H2,1-4H3,(H,36,40)/t31-/m0/s1. The molecule has 1 saturated carbocycles. The Bertz CT molecular complexity index is 1560. The van der Waals surface area contributed by atoms with E-state index in [4.69, 9.17) is 4.74 Å². The largest absolute Gasteiger partial charge is 0.496 e. The molecular weight excluding hydrogens is 642 g/mol. The molecule has 44 heavy (non-hydrogen) atoms. The molecule has 3 aromatic rings. The van der Waals surface area contributed by atoms with E-state index >= 15 is 0 Å². The highest BCUT2D eigenvalue weighted by Crippen LogP contribution is 2.31. The molecule has 0 heterocycles. The number of hydrogen-bond donors (Lipinski definition) is 1. The number of sulfonamides is 1. The minimum absolute atomic E-state index is 0.00543. The Labute approximate surface area is 270 Å². The van der Waals surface area contributed by atoms with Gasteiger partial charge in [0.05, 0.1) is 22.2 Å². The van der Waals surface area contributed by atoms with E-state index in [9.17, 15) is 18.0 Å². The number of carbonyl (C=O) groups excluding carboxylic acids is 2. The number of nitrogens with zero attached hydrogens (tertiary/aromatic N) is 2. The summed E-state index contributed by atoms with van der Waals surface area (Å²) in [5.41, 5.74) is 3.21. The molecule has 0 aliphatic heterocycles. The lowest BCUT2D eigenvalue weighted by atomic mass is 9.95. The van der Waals surface area contributed by atoms with Crippen LogP contribution in [0.4, 0.5) is 5.69 Å². The third-order valence-electron chi connectivity index (χ3n) is 8.08. The maximum Gasteiger partial charge on any atom is 0.264 e. The third-order valence-corrected chi connectivity index (χ3v) is 10.5. The smallest absolute Gasteiger partial charge is 0.264 e. The molecule has 0 saturated heterocycles. The minimum Gasteiger partial charge on any atom is -0.496 e. The van der Waals surface area contributed by atoms with Crippen LogP contribution in [0.25, 0.3) is 0 Å². The van der Waals surface area contributed by atoms with Crippen molar-refractivity contribution in [2.75, 3.05) is 18.0 Å². The molecule has 0 radical (unpaired) electrons. The summed E-state index contributed by atoms with van der Waals surface area (Å²) < 4.78 is 35.3. The van der Waals surface area contributed by atoms with Crippen molar-refractivity contribution in [3.63, 3.8) is 0 Å². The van der Waals surface area contributed by atoms with Crippen LogP contribution in [0.1, 0.15) is 62.1 Å². The fourth-order valence-electron chi connectivity index (χ4n) is 5.65. The zero-order chi connectivity index (χ0) is 31.9. The van der Waals surface area contributed by atoms with Crippen molar-refractivity contribution < 1.29 is 22.7 Å². The van der Waals surface area contributed by atoms with E-state index in [2.05, 4.69) is 21.2 Å². The van der Waals surface area contributed by atoms with Crippen molar-refractivity contribution >= 4 is 43.5 Å². The maximum atomic E-state index is 14.3. The second-order valence-corrected chi connectivity index (χ2v) is 14.1. The van der Waals surface area contributed by atoms with E-state index in [0.717, 1.165) is 53.1 Å². The number of ether oxygens (including phenoxy) is 1. The highest BCUT2D eigenvalue weighted by molar-refractivity contribution is 9.10. The minimum atomic E-state index is -4.20. The molecule has 1 aliphatic rings. The molecule has 0 bridgehead atoms. The van der Waals surface area contributed by atoms with Gasteiger partial charge in [0.1, 0.15) is 18.3 Å². The fourth-order valence-corrected chi connectivity index (χ4v) is 7.78. The van der Waals surface area contributed by atoms with E-state index in [1.807, 2.05) is 57.2 Å². The van der Waals surface area contributed by atoms with Gasteiger partial charge in [-0.15, -0.1) is 0 Å². The van der Waals surface area contributed by atoms with Crippen molar-refractivity contribution in [1.82, 2.24) is 10.2 Å². The molecule has 8 nitrogen and oxygen atoms in total. The van der Waals surface area contributed by atoms with Gasteiger partial charge in [0, 0.05) is 12.6 Å². The van der Waals surface area contributed by atoms with E-state index in [1.165, 1.54) is 24.1 Å². The maximum absolute atomic E-state index is 14.3. The molecule has 4 rings (SSSR count). The Morgan fingerprint density at radius 2 is 1.68 bits per heavy atom. The number of benzene rings is 3. The fraction of sp³-hybridized carbons (Fsp3) is 0.412. The van der Waals surface area contributed by atoms with Gasteiger partial charge in [0.15, 0.2) is 0 Å². The van der Waals surface area contributed by atoms with Crippen LogP contribution in [0.15, 0.2) is 76.1 Å². The first-order valence-electron chi connectivity index (χ1n) is 15.1. The highest BCUT2D eigenvalue weighted by Gasteiger charge is 2.34. The van der Waals surface area contributed by atoms with Crippen LogP contribution in [0, 0.1) is 13.8 Å². The van der Waals surface area contributed by atoms with Gasteiger partial charge in [-0.3, -0.25) is 13.9 Å². The number of hydrogen-bond acceptors (Lipinski definition) is 5. The predicted molar refractivity (Wildman–Crippen MR) is 177 cm³/mol. The number of anilines is 1. The van der Waals surface area contributed by atoms with E-state index in [1.54, 1.807) is 18.2 Å². The van der Waals surface area contributed by atoms with Crippen LogP contribution in [0.2, 0.25) is 0 Å². The van der Waals surface area contributed by atoms with E-state index in [0.29, 0.717) is 22.3 Å². The van der Waals surface area contributed by atoms with E-state index < -0.39 is 28.5 Å². The highest BCUT2D eigenvalue weighted by atomic mass is 79.9. The van der Waals surface area contributed by atoms with Gasteiger partial charge in [0.25, 0.3) is 10.0 Å². The zero-order valence-corrected chi connectivity index (χ0v) is 28.3. The van der Waals surface area contributed by atoms with Crippen LogP contribution in [0.5, 0.6) is 5.75 Å². The summed E-state index contributed by atoms with van der Waals surface area (Å²) in [6.07, 6.45) is 5.53. The van der Waals surface area contributed by atoms with Crippen LogP contribution in [0.3, 0.4) is 0 Å². The van der Waals surface area contributed by atoms with Crippen molar-refractivity contribution in [3.8, 4) is 5.75 Å². The average Bonchev–Trinajstić information content (AvgIpc) is 3.00. The molecule has 2 amide bonds. The van der Waals surface area contributed by atoms with Gasteiger partial charge in [-0.05, 0) is 84.9 Å². The van der Waals surface area contributed by atoms with Crippen molar-refractivity contribution in [1.29, 1.82) is 0 Å². The average molecular weight is 685 g/mol. The molecule has 236 valence electrons. The number of halogens is 1. The summed E-state index contributed by atoms with van der Waals surface area (Å²) in [6, 6.07) is 18.6. The number of nitrogens with one attached hydrogen (secondary N) is 1. The van der Waals surface area contributed by atoms with Crippen LogP contribution < -0.4 is 14.4 Å². The summed E-state index contributed by atoms with van der Waals surface area (Å²) in [5, 5.41) is 3.18. The SMILES string of the molecule is CC[C@@H](C(=O)NC1CCCCC1)N(Cc1cccc(C)c1)C(=O)CN(c1ccc(C)cc1)S(=O)(=O)c1ccc(OC)c(Br)c1. The summed E-state index contributed by atoms with van der Waals surface area (Å²) >= 11 is 3.39. The Morgan fingerprint density at radius 3 is 2.30 bits per heavy atom. The number of carbonyl (C=O) groups is 2. The molecular formula is C34H42BrN3O5S. The normalized spacial score (nSPS) is 14.5. The van der Waals surface area contributed by atoms with Crippen LogP contribution in [-0.2, 0) is 26.2 Å². The molecule has 3 aromatic carbocycles. The number of aryl methyl sites for hydroxylation is 2. The molecule has 0 aromatic heterocycles. The lowest BCUT2D eigenvalue weighted by Crippen LogP contribution is -2.54. The first kappa shape index (κ1) is 33.5. The van der Waals surface area contributed by atoms with Gasteiger partial charge in [-0.25, -0.2) is 8.42 Å². The zero-order valence-electron chi connectivity index (χ0n) is 25.9.